The van der Waals surface area contributed by atoms with E-state index in [-0.39, 0.29) is 18.8 Å². The van der Waals surface area contributed by atoms with E-state index in [2.05, 4.69) is 4.72 Å². The Hall–Kier alpha value is -2.32. The Bertz CT molecular complexity index is 883. The Kier molecular flexibility index (Phi) is 7.87. The number of ether oxygens (including phenoxy) is 2. The molecule has 0 spiro atoms. The van der Waals surface area contributed by atoms with E-state index in [1.807, 2.05) is 20.8 Å². The van der Waals surface area contributed by atoms with Gasteiger partial charge in [0.05, 0.1) is 34.8 Å². The first kappa shape index (κ1) is 23.0. The van der Waals surface area contributed by atoms with Gasteiger partial charge in [0.25, 0.3) is 0 Å². The van der Waals surface area contributed by atoms with Gasteiger partial charge >= 0.3 is 5.97 Å². The van der Waals surface area contributed by atoms with Crippen LogP contribution in [0.4, 0.5) is 8.78 Å². The molecule has 29 heavy (non-hydrogen) atoms. The molecule has 0 aromatic heterocycles. The van der Waals surface area contributed by atoms with Gasteiger partial charge in [-0.05, 0) is 57.5 Å². The molecular formula is C21H25F2NO4S. The van der Waals surface area contributed by atoms with Crippen LogP contribution in [0.15, 0.2) is 42.5 Å². The summed E-state index contributed by atoms with van der Waals surface area (Å²) in [5.41, 5.74) is 0.621. The molecule has 0 aliphatic heterocycles. The molecule has 1 N–H and O–H groups in total. The Morgan fingerprint density at radius 1 is 1.17 bits per heavy atom. The minimum Gasteiger partial charge on any atom is -0.466 e. The average molecular weight is 425 g/mol. The average Bonchev–Trinajstić information content (AvgIpc) is 2.63. The Balaban J connectivity index is 2.28. The van der Waals surface area contributed by atoms with Crippen molar-refractivity contribution in [3.05, 3.63) is 59.7 Å². The van der Waals surface area contributed by atoms with E-state index in [1.54, 1.807) is 31.2 Å². The molecule has 2 atom stereocenters. The van der Waals surface area contributed by atoms with E-state index in [9.17, 15) is 17.8 Å². The molecule has 8 heteroatoms. The highest BCUT2D eigenvalue weighted by Crippen LogP contribution is 2.29. The van der Waals surface area contributed by atoms with Crippen molar-refractivity contribution in [2.45, 2.75) is 44.9 Å². The number of rotatable bonds is 8. The van der Waals surface area contributed by atoms with Crippen LogP contribution < -0.4 is 9.46 Å². The largest absolute Gasteiger partial charge is 0.466 e. The van der Waals surface area contributed by atoms with Crippen molar-refractivity contribution >= 4 is 17.0 Å². The number of carbonyl (C=O) groups excluding carboxylic acids is 1. The standard InChI is InChI=1S/C21H25F2NO4S/c1-5-27-20(25)13-18(24-29(26)21(2,3)4)14-7-6-8-16(11-14)28-19-10-9-15(22)12-17(19)23/h6-12,18,24H,5,13H2,1-4H3/t18-,29+/m0/s1. The van der Waals surface area contributed by atoms with Crippen LogP contribution in [0.25, 0.3) is 0 Å². The summed E-state index contributed by atoms with van der Waals surface area (Å²) in [5.74, 6) is -1.80. The van der Waals surface area contributed by atoms with Crippen LogP contribution in [0.1, 0.15) is 45.7 Å². The molecule has 0 unspecified atom stereocenters. The fourth-order valence-electron chi connectivity index (χ4n) is 2.40. The molecule has 5 nitrogen and oxygen atoms in total. The monoisotopic (exact) mass is 425 g/mol. The quantitative estimate of drug-likeness (QED) is 0.617. The van der Waals surface area contributed by atoms with E-state index in [1.165, 1.54) is 6.07 Å². The third-order valence-electron chi connectivity index (χ3n) is 3.86. The van der Waals surface area contributed by atoms with Crippen LogP contribution in [0.2, 0.25) is 0 Å². The summed E-state index contributed by atoms with van der Waals surface area (Å²) in [7, 11) is -1.44. The predicted octanol–water partition coefficient (Wildman–Crippen LogP) is 4.80. The van der Waals surface area contributed by atoms with Gasteiger partial charge in [0.1, 0.15) is 11.6 Å². The van der Waals surface area contributed by atoms with E-state index < -0.39 is 39.4 Å². The lowest BCUT2D eigenvalue weighted by atomic mass is 10.0. The van der Waals surface area contributed by atoms with Gasteiger partial charge in [0.2, 0.25) is 0 Å². The van der Waals surface area contributed by atoms with Crippen LogP contribution in [-0.2, 0) is 20.5 Å². The molecule has 0 radical (unpaired) electrons. The highest BCUT2D eigenvalue weighted by Gasteiger charge is 2.26. The van der Waals surface area contributed by atoms with Gasteiger partial charge < -0.3 is 9.47 Å². The summed E-state index contributed by atoms with van der Waals surface area (Å²) in [6.45, 7) is 7.39. The zero-order valence-electron chi connectivity index (χ0n) is 16.8. The van der Waals surface area contributed by atoms with Crippen LogP contribution in [-0.4, -0.2) is 21.5 Å². The third kappa shape index (κ3) is 6.90. The number of benzene rings is 2. The molecule has 2 aromatic carbocycles. The normalized spacial score (nSPS) is 13.6. The number of esters is 1. The Morgan fingerprint density at radius 2 is 1.90 bits per heavy atom. The van der Waals surface area contributed by atoms with Crippen molar-refractivity contribution in [2.24, 2.45) is 0 Å². The first-order valence-corrected chi connectivity index (χ1v) is 10.3. The third-order valence-corrected chi connectivity index (χ3v) is 5.47. The maximum absolute atomic E-state index is 13.9. The van der Waals surface area contributed by atoms with Crippen molar-refractivity contribution in [2.75, 3.05) is 6.61 Å². The first-order chi connectivity index (χ1) is 13.6. The smallest absolute Gasteiger partial charge is 0.307 e. The Morgan fingerprint density at radius 3 is 2.52 bits per heavy atom. The lowest BCUT2D eigenvalue weighted by molar-refractivity contribution is -0.143. The van der Waals surface area contributed by atoms with Gasteiger partial charge in [-0.1, -0.05) is 12.1 Å². The molecule has 0 saturated heterocycles. The van der Waals surface area contributed by atoms with Crippen molar-refractivity contribution < 1.29 is 27.3 Å². The van der Waals surface area contributed by atoms with E-state index >= 15 is 0 Å². The number of hydrogen-bond donors (Lipinski definition) is 1. The highest BCUT2D eigenvalue weighted by molar-refractivity contribution is 7.84. The molecular weight excluding hydrogens is 400 g/mol. The maximum atomic E-state index is 13.9. The molecule has 0 fully saturated rings. The Labute approximate surface area is 172 Å². The molecule has 158 valence electrons. The summed E-state index contributed by atoms with van der Waals surface area (Å²) in [4.78, 5) is 12.0. The topological polar surface area (TPSA) is 64.6 Å². The lowest BCUT2D eigenvalue weighted by Gasteiger charge is -2.24. The van der Waals surface area contributed by atoms with Gasteiger partial charge in [-0.15, -0.1) is 0 Å². The summed E-state index contributed by atoms with van der Waals surface area (Å²) >= 11 is 0. The molecule has 2 aromatic rings. The number of nitrogens with one attached hydrogen (secondary N) is 1. The highest BCUT2D eigenvalue weighted by atomic mass is 32.2. The van der Waals surface area contributed by atoms with Crippen molar-refractivity contribution in [1.82, 2.24) is 4.72 Å². The van der Waals surface area contributed by atoms with Crippen molar-refractivity contribution in [3.63, 3.8) is 0 Å². The minimum atomic E-state index is -1.44. The molecule has 0 bridgehead atoms. The molecule has 0 heterocycles. The first-order valence-electron chi connectivity index (χ1n) is 9.16. The summed E-state index contributed by atoms with van der Waals surface area (Å²) < 4.78 is 52.5. The molecule has 0 amide bonds. The summed E-state index contributed by atoms with van der Waals surface area (Å²) in [6, 6.07) is 9.05. The fourth-order valence-corrected chi connectivity index (χ4v) is 3.23. The predicted molar refractivity (Wildman–Crippen MR) is 108 cm³/mol. The van der Waals surface area contributed by atoms with Crippen molar-refractivity contribution in [3.8, 4) is 11.5 Å². The van der Waals surface area contributed by atoms with Gasteiger partial charge in [0, 0.05) is 6.07 Å². The van der Waals surface area contributed by atoms with Gasteiger partial charge in [0.15, 0.2) is 11.6 Å². The van der Waals surface area contributed by atoms with Gasteiger partial charge in [-0.2, -0.15) is 0 Å². The second kappa shape index (κ2) is 9.93. The number of halogens is 2. The molecule has 2 rings (SSSR count). The maximum Gasteiger partial charge on any atom is 0.307 e. The summed E-state index contributed by atoms with van der Waals surface area (Å²) in [6.07, 6.45) is -0.0377. The second-order valence-corrected chi connectivity index (χ2v) is 9.31. The molecule has 0 aliphatic carbocycles. The molecule has 0 aliphatic rings. The molecule has 0 saturated carbocycles. The van der Waals surface area contributed by atoms with Crippen LogP contribution >= 0.6 is 0 Å². The zero-order chi connectivity index (χ0) is 21.6. The summed E-state index contributed by atoms with van der Waals surface area (Å²) in [5, 5.41) is 0. The SMILES string of the molecule is CCOC(=O)C[C@H](N[S@](=O)C(C)(C)C)c1cccc(Oc2ccc(F)cc2F)c1. The van der Waals surface area contributed by atoms with Crippen LogP contribution in [0, 0.1) is 11.6 Å². The second-order valence-electron chi connectivity index (χ2n) is 7.31. The van der Waals surface area contributed by atoms with Crippen LogP contribution in [0.3, 0.4) is 0 Å². The van der Waals surface area contributed by atoms with E-state index in [0.29, 0.717) is 11.3 Å². The van der Waals surface area contributed by atoms with E-state index in [4.69, 9.17) is 9.47 Å². The number of hydrogen-bond acceptors (Lipinski definition) is 4. The fraction of sp³-hybridized carbons (Fsp3) is 0.381. The number of carbonyl (C=O) groups is 1. The lowest BCUT2D eigenvalue weighted by Crippen LogP contribution is -2.36. The van der Waals surface area contributed by atoms with Gasteiger partial charge in [-0.3, -0.25) is 4.79 Å². The zero-order valence-corrected chi connectivity index (χ0v) is 17.6. The van der Waals surface area contributed by atoms with Crippen molar-refractivity contribution in [1.29, 1.82) is 0 Å². The van der Waals surface area contributed by atoms with E-state index in [0.717, 1.165) is 12.1 Å². The van der Waals surface area contributed by atoms with Crippen LogP contribution in [0.5, 0.6) is 11.5 Å². The van der Waals surface area contributed by atoms with Gasteiger partial charge in [-0.25, -0.2) is 17.7 Å². The minimum absolute atomic E-state index is 0.0377.